The molecule has 0 aliphatic heterocycles. The van der Waals surface area contributed by atoms with Gasteiger partial charge >= 0.3 is 0 Å². The third-order valence-electron chi connectivity index (χ3n) is 3.66. The molecule has 1 atom stereocenters. The number of benzene rings is 2. The molecule has 2 aromatic carbocycles. The fourth-order valence-electron chi connectivity index (χ4n) is 2.37. The number of carbonyl (C=O) groups is 1. The molecule has 3 rings (SSSR count). The monoisotopic (exact) mass is 331 g/mol. The first kappa shape index (κ1) is 16.1. The molecule has 0 bridgehead atoms. The molecule has 124 valence electrons. The maximum absolute atomic E-state index is 13.1. The SMILES string of the molecule is O=C(NCC[C@@H](O)c1cc2ccccc2o1)c1ccc(F)c(F)c1. The quantitative estimate of drug-likeness (QED) is 0.751. The van der Waals surface area contributed by atoms with Crippen molar-refractivity contribution in [2.75, 3.05) is 6.54 Å². The van der Waals surface area contributed by atoms with Crippen molar-refractivity contribution in [3.63, 3.8) is 0 Å². The minimum Gasteiger partial charge on any atom is -0.458 e. The van der Waals surface area contributed by atoms with Gasteiger partial charge in [-0.3, -0.25) is 4.79 Å². The molecular weight excluding hydrogens is 316 g/mol. The number of para-hydroxylation sites is 1. The number of furan rings is 1. The molecular formula is C18H15F2NO3. The van der Waals surface area contributed by atoms with Crippen molar-refractivity contribution in [1.82, 2.24) is 5.32 Å². The Labute approximate surface area is 136 Å². The Balaban J connectivity index is 1.57. The number of rotatable bonds is 5. The average Bonchev–Trinajstić information content (AvgIpc) is 3.01. The number of carbonyl (C=O) groups excluding carboxylic acids is 1. The molecule has 0 aliphatic carbocycles. The van der Waals surface area contributed by atoms with Gasteiger partial charge in [0, 0.05) is 17.5 Å². The van der Waals surface area contributed by atoms with Crippen LogP contribution in [-0.4, -0.2) is 17.6 Å². The summed E-state index contributed by atoms with van der Waals surface area (Å²) in [6, 6.07) is 12.1. The van der Waals surface area contributed by atoms with E-state index >= 15 is 0 Å². The van der Waals surface area contributed by atoms with Crippen LogP contribution in [0.3, 0.4) is 0 Å². The van der Waals surface area contributed by atoms with Crippen LogP contribution in [0.1, 0.15) is 28.6 Å². The predicted molar refractivity (Wildman–Crippen MR) is 84.5 cm³/mol. The lowest BCUT2D eigenvalue weighted by Crippen LogP contribution is -2.25. The number of aliphatic hydroxyl groups excluding tert-OH is 1. The Morgan fingerprint density at radius 3 is 2.67 bits per heavy atom. The van der Waals surface area contributed by atoms with E-state index in [1.54, 1.807) is 12.1 Å². The van der Waals surface area contributed by atoms with Crippen LogP contribution < -0.4 is 5.32 Å². The van der Waals surface area contributed by atoms with Crippen LogP contribution in [0.2, 0.25) is 0 Å². The molecule has 0 fully saturated rings. The first-order chi connectivity index (χ1) is 11.5. The topological polar surface area (TPSA) is 62.5 Å². The van der Waals surface area contributed by atoms with Crippen LogP contribution in [0.4, 0.5) is 8.78 Å². The molecule has 0 unspecified atom stereocenters. The number of fused-ring (bicyclic) bond motifs is 1. The van der Waals surface area contributed by atoms with Crippen LogP contribution in [0.15, 0.2) is 52.9 Å². The van der Waals surface area contributed by atoms with E-state index in [9.17, 15) is 18.7 Å². The third kappa shape index (κ3) is 3.44. The summed E-state index contributed by atoms with van der Waals surface area (Å²) in [5, 5.41) is 13.6. The lowest BCUT2D eigenvalue weighted by Gasteiger charge is -2.09. The van der Waals surface area contributed by atoms with Gasteiger partial charge in [-0.15, -0.1) is 0 Å². The molecule has 0 saturated carbocycles. The molecule has 1 heterocycles. The first-order valence-corrected chi connectivity index (χ1v) is 7.44. The zero-order valence-corrected chi connectivity index (χ0v) is 12.6. The van der Waals surface area contributed by atoms with Crippen molar-refractivity contribution < 1.29 is 23.1 Å². The Morgan fingerprint density at radius 1 is 1.12 bits per heavy atom. The minimum absolute atomic E-state index is 0.0205. The molecule has 24 heavy (non-hydrogen) atoms. The summed E-state index contributed by atoms with van der Waals surface area (Å²) >= 11 is 0. The highest BCUT2D eigenvalue weighted by molar-refractivity contribution is 5.94. The molecule has 2 N–H and O–H groups in total. The van der Waals surface area contributed by atoms with Crippen molar-refractivity contribution in [1.29, 1.82) is 0 Å². The van der Waals surface area contributed by atoms with Crippen LogP contribution in [-0.2, 0) is 0 Å². The van der Waals surface area contributed by atoms with E-state index in [1.165, 1.54) is 6.07 Å². The van der Waals surface area contributed by atoms with Crippen molar-refractivity contribution in [3.8, 4) is 0 Å². The number of nitrogens with one attached hydrogen (secondary N) is 1. The smallest absolute Gasteiger partial charge is 0.251 e. The van der Waals surface area contributed by atoms with Crippen molar-refractivity contribution in [2.24, 2.45) is 0 Å². The number of aliphatic hydroxyl groups is 1. The van der Waals surface area contributed by atoms with Gasteiger partial charge in [0.05, 0.1) is 0 Å². The second-order valence-electron chi connectivity index (χ2n) is 5.38. The summed E-state index contributed by atoms with van der Waals surface area (Å²) < 4.78 is 31.5. The normalized spacial score (nSPS) is 12.3. The molecule has 0 saturated heterocycles. The van der Waals surface area contributed by atoms with Crippen LogP contribution in [0.25, 0.3) is 11.0 Å². The molecule has 0 aliphatic rings. The molecule has 0 spiro atoms. The zero-order chi connectivity index (χ0) is 17.1. The Morgan fingerprint density at radius 2 is 1.92 bits per heavy atom. The highest BCUT2D eigenvalue weighted by Crippen LogP contribution is 2.25. The largest absolute Gasteiger partial charge is 0.458 e. The molecule has 0 radical (unpaired) electrons. The summed E-state index contributed by atoms with van der Waals surface area (Å²) in [5.41, 5.74) is 0.699. The summed E-state index contributed by atoms with van der Waals surface area (Å²) in [7, 11) is 0. The zero-order valence-electron chi connectivity index (χ0n) is 12.6. The number of amides is 1. The standard InChI is InChI=1S/C18H15F2NO3/c19-13-6-5-12(9-14(13)20)18(23)21-8-7-15(22)17-10-11-3-1-2-4-16(11)24-17/h1-6,9-10,15,22H,7-8H2,(H,21,23)/t15-/m1/s1. The van der Waals surface area contributed by atoms with Crippen LogP contribution in [0, 0.1) is 11.6 Å². The maximum atomic E-state index is 13.1. The number of halogens is 2. The van der Waals surface area contributed by atoms with Gasteiger partial charge in [0.15, 0.2) is 11.6 Å². The van der Waals surface area contributed by atoms with Gasteiger partial charge in [-0.2, -0.15) is 0 Å². The minimum atomic E-state index is -1.08. The van der Waals surface area contributed by atoms with E-state index in [1.807, 2.05) is 18.2 Å². The van der Waals surface area contributed by atoms with Gasteiger partial charge in [0.2, 0.25) is 0 Å². The second kappa shape index (κ2) is 6.80. The molecule has 4 nitrogen and oxygen atoms in total. The van der Waals surface area contributed by atoms with E-state index in [4.69, 9.17) is 4.42 Å². The van der Waals surface area contributed by atoms with E-state index in [-0.39, 0.29) is 18.5 Å². The summed E-state index contributed by atoms with van der Waals surface area (Å²) in [6.07, 6.45) is -0.641. The van der Waals surface area contributed by atoms with Gasteiger partial charge in [-0.05, 0) is 36.8 Å². The Kier molecular flexibility index (Phi) is 4.57. The van der Waals surface area contributed by atoms with Gasteiger partial charge in [-0.1, -0.05) is 18.2 Å². The van der Waals surface area contributed by atoms with Gasteiger partial charge in [-0.25, -0.2) is 8.78 Å². The summed E-state index contributed by atoms with van der Waals surface area (Å²) in [4.78, 5) is 11.9. The van der Waals surface area contributed by atoms with E-state index in [0.717, 1.165) is 17.5 Å². The van der Waals surface area contributed by atoms with Crippen molar-refractivity contribution >= 4 is 16.9 Å². The third-order valence-corrected chi connectivity index (χ3v) is 3.66. The highest BCUT2D eigenvalue weighted by atomic mass is 19.2. The van der Waals surface area contributed by atoms with Crippen LogP contribution >= 0.6 is 0 Å². The van der Waals surface area contributed by atoms with Crippen molar-refractivity contribution in [3.05, 3.63) is 71.5 Å². The van der Waals surface area contributed by atoms with Gasteiger partial charge in [0.1, 0.15) is 17.4 Å². The van der Waals surface area contributed by atoms with E-state index < -0.39 is 23.6 Å². The lowest BCUT2D eigenvalue weighted by molar-refractivity contribution is 0.0936. The summed E-state index contributed by atoms with van der Waals surface area (Å²) in [6.45, 7) is 0.163. The first-order valence-electron chi connectivity index (χ1n) is 7.44. The average molecular weight is 331 g/mol. The van der Waals surface area contributed by atoms with Crippen LogP contribution in [0.5, 0.6) is 0 Å². The fraction of sp³-hybridized carbons (Fsp3) is 0.167. The molecule has 1 aromatic heterocycles. The molecule has 3 aromatic rings. The van der Waals surface area contributed by atoms with Gasteiger partial charge in [0.25, 0.3) is 5.91 Å². The summed E-state index contributed by atoms with van der Waals surface area (Å²) in [5.74, 6) is -2.21. The van der Waals surface area contributed by atoms with Crippen molar-refractivity contribution in [2.45, 2.75) is 12.5 Å². The van der Waals surface area contributed by atoms with Gasteiger partial charge < -0.3 is 14.8 Å². The van der Waals surface area contributed by atoms with E-state index in [2.05, 4.69) is 5.32 Å². The predicted octanol–water partition coefficient (Wildman–Crippen LogP) is 3.56. The van der Waals surface area contributed by atoms with E-state index in [0.29, 0.717) is 11.3 Å². The maximum Gasteiger partial charge on any atom is 0.251 e. The fourth-order valence-corrected chi connectivity index (χ4v) is 2.37. The highest BCUT2D eigenvalue weighted by Gasteiger charge is 2.14. The lowest BCUT2D eigenvalue weighted by atomic mass is 10.1. The Hall–Kier alpha value is -2.73. The molecule has 6 heteroatoms. The Bertz CT molecular complexity index is 843. The molecule has 1 amide bonds. The second-order valence-corrected chi connectivity index (χ2v) is 5.38. The number of hydrogen-bond acceptors (Lipinski definition) is 3. The number of hydrogen-bond donors (Lipinski definition) is 2.